The highest BCUT2D eigenvalue weighted by Crippen LogP contribution is 2.29. The van der Waals surface area contributed by atoms with E-state index >= 15 is 0 Å². The van der Waals surface area contributed by atoms with E-state index in [1.807, 2.05) is 25.2 Å². The number of halogens is 2. The van der Waals surface area contributed by atoms with Crippen LogP contribution in [-0.4, -0.2) is 7.05 Å². The minimum Gasteiger partial charge on any atom is -0.309 e. The van der Waals surface area contributed by atoms with Gasteiger partial charge in [-0.05, 0) is 41.8 Å². The molecule has 2 aromatic rings. The number of hydrogen-bond donors (Lipinski definition) is 1. The van der Waals surface area contributed by atoms with Crippen LogP contribution in [0.4, 0.5) is 0 Å². The molecule has 0 aromatic heterocycles. The van der Waals surface area contributed by atoms with E-state index in [9.17, 15) is 0 Å². The first-order valence-corrected chi connectivity index (χ1v) is 7.50. The summed E-state index contributed by atoms with van der Waals surface area (Å²) >= 11 is 12.1. The van der Waals surface area contributed by atoms with E-state index in [0.717, 1.165) is 5.56 Å². The largest absolute Gasteiger partial charge is 0.309 e. The van der Waals surface area contributed by atoms with Gasteiger partial charge in [-0.1, -0.05) is 67.4 Å². The average molecular weight is 308 g/mol. The second kappa shape index (κ2) is 6.62. The minimum atomic E-state index is 0.117. The van der Waals surface area contributed by atoms with Gasteiger partial charge < -0.3 is 5.32 Å². The fraction of sp³-hybridized carbons (Fsp3) is 0.294. The monoisotopic (exact) mass is 307 g/mol. The molecule has 2 rings (SSSR count). The molecular weight excluding hydrogens is 289 g/mol. The van der Waals surface area contributed by atoms with Crippen molar-refractivity contribution in [2.24, 2.45) is 0 Å². The molecule has 0 aliphatic carbocycles. The summed E-state index contributed by atoms with van der Waals surface area (Å²) in [5.74, 6) is 0.544. The summed E-state index contributed by atoms with van der Waals surface area (Å²) < 4.78 is 0. The highest BCUT2D eigenvalue weighted by atomic mass is 35.5. The topological polar surface area (TPSA) is 12.0 Å². The predicted octanol–water partition coefficient (Wildman–Crippen LogP) is 5.43. The zero-order chi connectivity index (χ0) is 14.7. The smallest absolute Gasteiger partial charge is 0.0595 e. The number of nitrogens with one attached hydrogen (secondary N) is 1. The Hall–Kier alpha value is -1.02. The van der Waals surface area contributed by atoms with Crippen LogP contribution in [0.5, 0.6) is 0 Å². The molecule has 0 amide bonds. The zero-order valence-corrected chi connectivity index (χ0v) is 13.5. The number of rotatable bonds is 4. The lowest BCUT2D eigenvalue weighted by atomic mass is 9.95. The molecule has 3 heteroatoms. The van der Waals surface area contributed by atoms with Gasteiger partial charge in [0.1, 0.15) is 0 Å². The molecule has 2 aromatic carbocycles. The van der Waals surface area contributed by atoms with Crippen molar-refractivity contribution in [3.05, 3.63) is 69.2 Å². The quantitative estimate of drug-likeness (QED) is 0.794. The van der Waals surface area contributed by atoms with Crippen molar-refractivity contribution in [1.82, 2.24) is 5.32 Å². The fourth-order valence-corrected chi connectivity index (χ4v) is 2.60. The summed E-state index contributed by atoms with van der Waals surface area (Å²) in [6, 6.07) is 14.6. The van der Waals surface area contributed by atoms with E-state index in [-0.39, 0.29) is 6.04 Å². The normalized spacial score (nSPS) is 12.7. The van der Waals surface area contributed by atoms with Gasteiger partial charge in [0.25, 0.3) is 0 Å². The molecule has 1 atom stereocenters. The Balaban J connectivity index is 2.33. The molecule has 0 saturated heterocycles. The van der Waals surface area contributed by atoms with Gasteiger partial charge in [0, 0.05) is 0 Å². The van der Waals surface area contributed by atoms with E-state index < -0.39 is 0 Å². The Morgan fingerprint density at radius 1 is 0.800 bits per heavy atom. The highest BCUT2D eigenvalue weighted by Gasteiger charge is 2.13. The Morgan fingerprint density at radius 2 is 1.35 bits per heavy atom. The van der Waals surface area contributed by atoms with Crippen LogP contribution in [0.1, 0.15) is 42.5 Å². The van der Waals surface area contributed by atoms with Crippen LogP contribution in [0.15, 0.2) is 42.5 Å². The van der Waals surface area contributed by atoms with Gasteiger partial charge in [-0.2, -0.15) is 0 Å². The average Bonchev–Trinajstić information content (AvgIpc) is 2.44. The van der Waals surface area contributed by atoms with Gasteiger partial charge in [0.05, 0.1) is 16.1 Å². The van der Waals surface area contributed by atoms with Crippen molar-refractivity contribution < 1.29 is 0 Å². The molecule has 1 unspecified atom stereocenters. The van der Waals surface area contributed by atoms with Crippen LogP contribution >= 0.6 is 23.2 Å². The summed E-state index contributed by atoms with van der Waals surface area (Å²) in [6.45, 7) is 4.40. The summed E-state index contributed by atoms with van der Waals surface area (Å²) in [7, 11) is 1.95. The van der Waals surface area contributed by atoms with E-state index in [2.05, 4.69) is 43.4 Å². The first kappa shape index (κ1) is 15.4. The molecule has 0 spiro atoms. The van der Waals surface area contributed by atoms with Crippen molar-refractivity contribution in [3.8, 4) is 0 Å². The van der Waals surface area contributed by atoms with Gasteiger partial charge in [0.15, 0.2) is 0 Å². The predicted molar refractivity (Wildman–Crippen MR) is 87.9 cm³/mol. The van der Waals surface area contributed by atoms with Crippen molar-refractivity contribution >= 4 is 23.2 Å². The Morgan fingerprint density at radius 3 is 1.85 bits per heavy atom. The maximum absolute atomic E-state index is 6.11. The van der Waals surface area contributed by atoms with Crippen molar-refractivity contribution in [2.45, 2.75) is 25.8 Å². The molecule has 0 bridgehead atoms. The summed E-state index contributed by atoms with van der Waals surface area (Å²) in [4.78, 5) is 0. The molecule has 0 saturated carbocycles. The maximum Gasteiger partial charge on any atom is 0.0595 e. The maximum atomic E-state index is 6.11. The zero-order valence-electron chi connectivity index (χ0n) is 12.0. The van der Waals surface area contributed by atoms with Gasteiger partial charge in [-0.25, -0.2) is 0 Å². The molecule has 0 fully saturated rings. The summed E-state index contributed by atoms with van der Waals surface area (Å²) in [5.41, 5.74) is 3.67. The molecule has 1 nitrogen and oxygen atoms in total. The molecular formula is C17H19Cl2N. The molecule has 20 heavy (non-hydrogen) atoms. The Bertz CT molecular complexity index is 576. The van der Waals surface area contributed by atoms with E-state index in [4.69, 9.17) is 23.2 Å². The lowest BCUT2D eigenvalue weighted by Gasteiger charge is -2.18. The Labute approximate surface area is 130 Å². The van der Waals surface area contributed by atoms with Crippen molar-refractivity contribution in [1.29, 1.82) is 0 Å². The van der Waals surface area contributed by atoms with E-state index in [1.54, 1.807) is 0 Å². The second-order valence-corrected chi connectivity index (χ2v) is 6.03. The van der Waals surface area contributed by atoms with Crippen LogP contribution in [0, 0.1) is 0 Å². The van der Waals surface area contributed by atoms with Crippen LogP contribution < -0.4 is 5.32 Å². The molecule has 106 valence electrons. The van der Waals surface area contributed by atoms with Crippen molar-refractivity contribution in [3.63, 3.8) is 0 Å². The van der Waals surface area contributed by atoms with Gasteiger partial charge in [-0.15, -0.1) is 0 Å². The molecule has 0 heterocycles. The highest BCUT2D eigenvalue weighted by molar-refractivity contribution is 6.42. The third kappa shape index (κ3) is 3.35. The van der Waals surface area contributed by atoms with Gasteiger partial charge in [0.2, 0.25) is 0 Å². The van der Waals surface area contributed by atoms with Crippen LogP contribution in [0.2, 0.25) is 10.0 Å². The minimum absolute atomic E-state index is 0.117. The van der Waals surface area contributed by atoms with Crippen LogP contribution in [-0.2, 0) is 0 Å². The molecule has 1 N–H and O–H groups in total. The number of benzene rings is 2. The van der Waals surface area contributed by atoms with Gasteiger partial charge >= 0.3 is 0 Å². The molecule has 0 aliphatic rings. The number of hydrogen-bond acceptors (Lipinski definition) is 1. The lowest BCUT2D eigenvalue weighted by molar-refractivity contribution is 0.691. The standard InChI is InChI=1S/C17H19Cl2N/c1-11(2)12-4-6-13(7-5-12)17(20-3)14-8-9-15(18)16(19)10-14/h4-11,17,20H,1-3H3. The van der Waals surface area contributed by atoms with E-state index in [1.165, 1.54) is 11.1 Å². The van der Waals surface area contributed by atoms with Crippen LogP contribution in [0.25, 0.3) is 0 Å². The van der Waals surface area contributed by atoms with Gasteiger partial charge in [-0.3, -0.25) is 0 Å². The Kier molecular flexibility index (Phi) is 5.09. The summed E-state index contributed by atoms with van der Waals surface area (Å²) in [5, 5.41) is 4.50. The van der Waals surface area contributed by atoms with Crippen molar-refractivity contribution in [2.75, 3.05) is 7.05 Å². The summed E-state index contributed by atoms with van der Waals surface area (Å²) in [6.07, 6.45) is 0. The van der Waals surface area contributed by atoms with E-state index in [0.29, 0.717) is 16.0 Å². The third-order valence-corrected chi connectivity index (χ3v) is 4.24. The molecule has 0 radical (unpaired) electrons. The fourth-order valence-electron chi connectivity index (χ4n) is 2.29. The lowest BCUT2D eigenvalue weighted by Crippen LogP contribution is -2.17. The second-order valence-electron chi connectivity index (χ2n) is 5.22. The first-order valence-electron chi connectivity index (χ1n) is 6.75. The molecule has 0 aliphatic heterocycles. The third-order valence-electron chi connectivity index (χ3n) is 3.50. The van der Waals surface area contributed by atoms with Crippen LogP contribution in [0.3, 0.4) is 0 Å². The first-order chi connectivity index (χ1) is 9.52. The SMILES string of the molecule is CNC(c1ccc(C(C)C)cc1)c1ccc(Cl)c(Cl)c1.